The molecule has 0 radical (unpaired) electrons. The largest absolute Gasteiger partial charge is 0.476 e. The minimum Gasteiger partial charge on any atom is -0.476 e. The molecule has 1 saturated carbocycles. The average molecular weight is 396 g/mol. The SMILES string of the molecule is O=C(NCc1cccnc1)C1CCN(c2cncc(OCC3CCCC3)n2)CC1. The van der Waals surface area contributed by atoms with Crippen molar-refractivity contribution >= 4 is 11.7 Å². The number of anilines is 1. The molecule has 3 heterocycles. The topological polar surface area (TPSA) is 80.2 Å². The number of piperidine rings is 1. The van der Waals surface area contributed by atoms with Crippen LogP contribution in [0.3, 0.4) is 0 Å². The molecule has 4 rings (SSSR count). The molecule has 1 saturated heterocycles. The van der Waals surface area contributed by atoms with Gasteiger partial charge in [0.25, 0.3) is 0 Å². The van der Waals surface area contributed by atoms with Crippen molar-refractivity contribution in [2.45, 2.75) is 45.1 Å². The summed E-state index contributed by atoms with van der Waals surface area (Å²) in [6, 6.07) is 3.85. The Bertz CT molecular complexity index is 787. The number of rotatable bonds is 7. The lowest BCUT2D eigenvalue weighted by Crippen LogP contribution is -2.40. The molecule has 0 unspecified atom stereocenters. The highest BCUT2D eigenvalue weighted by Gasteiger charge is 2.26. The number of hydrogen-bond acceptors (Lipinski definition) is 6. The minimum absolute atomic E-state index is 0.0395. The van der Waals surface area contributed by atoms with E-state index < -0.39 is 0 Å². The van der Waals surface area contributed by atoms with Gasteiger partial charge >= 0.3 is 0 Å². The maximum absolute atomic E-state index is 12.5. The molecule has 7 heteroatoms. The van der Waals surface area contributed by atoms with Gasteiger partial charge in [-0.05, 0) is 43.2 Å². The van der Waals surface area contributed by atoms with E-state index >= 15 is 0 Å². The molecule has 2 aromatic rings. The second-order valence-corrected chi connectivity index (χ2v) is 8.02. The number of ether oxygens (including phenoxy) is 1. The van der Waals surface area contributed by atoms with E-state index in [1.54, 1.807) is 24.8 Å². The van der Waals surface area contributed by atoms with Crippen molar-refractivity contribution in [3.8, 4) is 5.88 Å². The smallest absolute Gasteiger partial charge is 0.234 e. The molecular formula is C22H29N5O2. The van der Waals surface area contributed by atoms with E-state index in [0.29, 0.717) is 18.3 Å². The molecule has 2 aliphatic rings. The standard InChI is InChI=1S/C22H29N5O2/c28-22(25-13-18-6-3-9-23-12-18)19-7-10-27(11-8-19)20-14-24-15-21(26-20)29-16-17-4-1-2-5-17/h3,6,9,12,14-15,17,19H,1-2,4-5,7-8,10-11,13,16H2,(H,25,28). The first-order chi connectivity index (χ1) is 14.3. The van der Waals surface area contributed by atoms with E-state index in [1.165, 1.54) is 25.7 Å². The molecule has 2 fully saturated rings. The highest BCUT2D eigenvalue weighted by Crippen LogP contribution is 2.26. The summed E-state index contributed by atoms with van der Waals surface area (Å²) >= 11 is 0. The van der Waals surface area contributed by atoms with Gasteiger partial charge in [-0.3, -0.25) is 14.8 Å². The summed E-state index contributed by atoms with van der Waals surface area (Å²) in [6.07, 6.45) is 13.7. The Hall–Kier alpha value is -2.70. The van der Waals surface area contributed by atoms with Gasteiger partial charge in [-0.2, -0.15) is 4.98 Å². The molecule has 154 valence electrons. The lowest BCUT2D eigenvalue weighted by Gasteiger charge is -2.32. The zero-order valence-electron chi connectivity index (χ0n) is 16.8. The van der Waals surface area contributed by atoms with Crippen LogP contribution in [0, 0.1) is 11.8 Å². The molecule has 1 N–H and O–H groups in total. The van der Waals surface area contributed by atoms with Gasteiger partial charge in [-0.15, -0.1) is 0 Å². The predicted molar refractivity (Wildman–Crippen MR) is 111 cm³/mol. The Balaban J connectivity index is 1.24. The van der Waals surface area contributed by atoms with Crippen molar-refractivity contribution in [3.05, 3.63) is 42.5 Å². The van der Waals surface area contributed by atoms with Crippen LogP contribution in [0.15, 0.2) is 36.9 Å². The number of nitrogens with zero attached hydrogens (tertiary/aromatic N) is 4. The maximum atomic E-state index is 12.5. The maximum Gasteiger partial charge on any atom is 0.234 e. The molecular weight excluding hydrogens is 366 g/mol. The van der Waals surface area contributed by atoms with Crippen molar-refractivity contribution in [1.29, 1.82) is 0 Å². The van der Waals surface area contributed by atoms with Gasteiger partial charge < -0.3 is 15.0 Å². The Kier molecular flexibility index (Phi) is 6.54. The molecule has 2 aromatic heterocycles. The van der Waals surface area contributed by atoms with Gasteiger partial charge in [-0.1, -0.05) is 18.9 Å². The predicted octanol–water partition coefficient (Wildman–Crippen LogP) is 2.97. The van der Waals surface area contributed by atoms with Crippen LogP contribution in [0.1, 0.15) is 44.1 Å². The summed E-state index contributed by atoms with van der Waals surface area (Å²) in [5, 5.41) is 3.03. The molecule has 0 atom stereocenters. The van der Waals surface area contributed by atoms with Gasteiger partial charge in [0.15, 0.2) is 5.82 Å². The van der Waals surface area contributed by atoms with E-state index in [4.69, 9.17) is 4.74 Å². The summed E-state index contributed by atoms with van der Waals surface area (Å²) in [5.41, 5.74) is 1.02. The minimum atomic E-state index is 0.0395. The third-order valence-electron chi connectivity index (χ3n) is 5.92. The number of hydrogen-bond donors (Lipinski definition) is 1. The van der Waals surface area contributed by atoms with Gasteiger partial charge in [0, 0.05) is 37.9 Å². The summed E-state index contributed by atoms with van der Waals surface area (Å²) in [7, 11) is 0. The molecule has 0 bridgehead atoms. The fourth-order valence-electron chi connectivity index (χ4n) is 4.15. The van der Waals surface area contributed by atoms with E-state index in [0.717, 1.165) is 43.9 Å². The second-order valence-electron chi connectivity index (χ2n) is 8.02. The first-order valence-corrected chi connectivity index (χ1v) is 10.6. The van der Waals surface area contributed by atoms with Crippen molar-refractivity contribution in [1.82, 2.24) is 20.3 Å². The van der Waals surface area contributed by atoms with Crippen molar-refractivity contribution in [3.63, 3.8) is 0 Å². The van der Waals surface area contributed by atoms with Crippen LogP contribution in [-0.2, 0) is 11.3 Å². The number of carbonyl (C=O) groups excluding carboxylic acids is 1. The van der Waals surface area contributed by atoms with Crippen LogP contribution >= 0.6 is 0 Å². The third-order valence-corrected chi connectivity index (χ3v) is 5.92. The Labute approximate surface area is 171 Å². The normalized spacial score (nSPS) is 18.0. The van der Waals surface area contributed by atoms with Crippen LogP contribution in [0.5, 0.6) is 5.88 Å². The second kappa shape index (κ2) is 9.67. The van der Waals surface area contributed by atoms with E-state index in [9.17, 15) is 4.79 Å². The van der Waals surface area contributed by atoms with Gasteiger partial charge in [0.05, 0.1) is 19.0 Å². The lowest BCUT2D eigenvalue weighted by molar-refractivity contribution is -0.125. The Morgan fingerprint density at radius 2 is 1.93 bits per heavy atom. The highest BCUT2D eigenvalue weighted by molar-refractivity contribution is 5.78. The molecule has 1 amide bonds. The lowest BCUT2D eigenvalue weighted by atomic mass is 9.96. The summed E-state index contributed by atoms with van der Waals surface area (Å²) in [4.78, 5) is 27.7. The van der Waals surface area contributed by atoms with E-state index in [2.05, 4.69) is 25.2 Å². The number of pyridine rings is 1. The van der Waals surface area contributed by atoms with Crippen LogP contribution in [0.2, 0.25) is 0 Å². The van der Waals surface area contributed by atoms with E-state index in [1.807, 2.05) is 12.1 Å². The van der Waals surface area contributed by atoms with Gasteiger partial charge in [0.1, 0.15) is 0 Å². The molecule has 0 spiro atoms. The third kappa shape index (κ3) is 5.43. The average Bonchev–Trinajstić information content (AvgIpc) is 3.31. The van der Waals surface area contributed by atoms with Crippen molar-refractivity contribution < 1.29 is 9.53 Å². The molecule has 1 aliphatic heterocycles. The molecule has 1 aliphatic carbocycles. The molecule has 7 nitrogen and oxygen atoms in total. The monoisotopic (exact) mass is 395 g/mol. The Morgan fingerprint density at radius 1 is 1.10 bits per heavy atom. The zero-order chi connectivity index (χ0) is 19.9. The van der Waals surface area contributed by atoms with Crippen LogP contribution in [-0.4, -0.2) is 40.6 Å². The zero-order valence-corrected chi connectivity index (χ0v) is 16.8. The number of nitrogens with one attached hydrogen (secondary N) is 1. The van der Waals surface area contributed by atoms with Crippen molar-refractivity contribution in [2.24, 2.45) is 11.8 Å². The van der Waals surface area contributed by atoms with Crippen molar-refractivity contribution in [2.75, 3.05) is 24.6 Å². The number of carbonyl (C=O) groups is 1. The summed E-state index contributed by atoms with van der Waals surface area (Å²) in [6.45, 7) is 2.85. The number of amides is 1. The van der Waals surface area contributed by atoms with Crippen LogP contribution < -0.4 is 15.0 Å². The summed E-state index contributed by atoms with van der Waals surface area (Å²) in [5.74, 6) is 2.25. The molecule has 0 aromatic carbocycles. The quantitative estimate of drug-likeness (QED) is 0.776. The van der Waals surface area contributed by atoms with E-state index in [-0.39, 0.29) is 11.8 Å². The van der Waals surface area contributed by atoms with Crippen LogP contribution in [0.25, 0.3) is 0 Å². The first kappa shape index (κ1) is 19.6. The fraction of sp³-hybridized carbons (Fsp3) is 0.545. The van der Waals surface area contributed by atoms with Crippen LogP contribution in [0.4, 0.5) is 5.82 Å². The van der Waals surface area contributed by atoms with Gasteiger partial charge in [0.2, 0.25) is 11.8 Å². The summed E-state index contributed by atoms with van der Waals surface area (Å²) < 4.78 is 5.89. The first-order valence-electron chi connectivity index (χ1n) is 10.6. The molecule has 29 heavy (non-hydrogen) atoms. The Morgan fingerprint density at radius 3 is 2.69 bits per heavy atom. The highest BCUT2D eigenvalue weighted by atomic mass is 16.5. The van der Waals surface area contributed by atoms with Gasteiger partial charge in [-0.25, -0.2) is 0 Å². The fourth-order valence-corrected chi connectivity index (χ4v) is 4.15. The number of aromatic nitrogens is 3.